The second-order valence-corrected chi connectivity index (χ2v) is 8.62. The van der Waals surface area contributed by atoms with Crippen LogP contribution in [0.1, 0.15) is 40.8 Å². The summed E-state index contributed by atoms with van der Waals surface area (Å²) in [5.74, 6) is 0.196. The molecular weight excluding hydrogens is 382 g/mol. The van der Waals surface area contributed by atoms with Gasteiger partial charge in [-0.2, -0.15) is 0 Å². The number of fused-ring (bicyclic) bond motifs is 1. The average Bonchev–Trinajstić information content (AvgIpc) is 3.28. The van der Waals surface area contributed by atoms with Crippen molar-refractivity contribution in [3.8, 4) is 0 Å². The molecule has 2 N–H and O–H groups in total. The van der Waals surface area contributed by atoms with Gasteiger partial charge in [-0.05, 0) is 49.6 Å². The highest BCUT2D eigenvalue weighted by molar-refractivity contribution is 5.85. The van der Waals surface area contributed by atoms with E-state index < -0.39 is 5.60 Å². The Morgan fingerprint density at radius 1 is 0.935 bits per heavy atom. The lowest BCUT2D eigenvalue weighted by molar-refractivity contribution is 0.00438. The van der Waals surface area contributed by atoms with Crippen LogP contribution in [0, 0.1) is 13.8 Å². The highest BCUT2D eigenvalue weighted by Gasteiger charge is 2.43. The molecule has 3 heteroatoms. The third-order valence-corrected chi connectivity index (χ3v) is 6.62. The molecule has 0 bridgehead atoms. The number of hydrogen-bond donors (Lipinski definition) is 2. The number of aromatic amines is 1. The van der Waals surface area contributed by atoms with E-state index in [0.29, 0.717) is 12.4 Å². The molecule has 3 nitrogen and oxygen atoms in total. The molecule has 1 aromatic heterocycles. The first-order valence-electron chi connectivity index (χ1n) is 10.7. The molecule has 31 heavy (non-hydrogen) atoms. The maximum Gasteiger partial charge on any atom is 0.147 e. The summed E-state index contributed by atoms with van der Waals surface area (Å²) in [6.45, 7) is 6.61. The van der Waals surface area contributed by atoms with Crippen molar-refractivity contribution in [3.63, 3.8) is 0 Å². The van der Waals surface area contributed by atoms with Gasteiger partial charge in [0, 0.05) is 22.2 Å². The van der Waals surface area contributed by atoms with Crippen molar-refractivity contribution in [2.24, 2.45) is 0 Å². The lowest BCUT2D eigenvalue weighted by Gasteiger charge is -2.25. The summed E-state index contributed by atoms with van der Waals surface area (Å²) in [4.78, 5) is 3.65. The van der Waals surface area contributed by atoms with E-state index in [1.54, 1.807) is 0 Å². The van der Waals surface area contributed by atoms with Crippen LogP contribution in [0.4, 0.5) is 0 Å². The highest BCUT2D eigenvalue weighted by atomic mass is 16.5. The monoisotopic (exact) mass is 409 g/mol. The van der Waals surface area contributed by atoms with E-state index in [4.69, 9.17) is 4.74 Å². The van der Waals surface area contributed by atoms with Crippen molar-refractivity contribution in [1.29, 1.82) is 0 Å². The van der Waals surface area contributed by atoms with Crippen LogP contribution < -0.4 is 0 Å². The molecule has 1 aliphatic rings. The Labute approximate surface area is 183 Å². The number of rotatable bonds is 4. The first kappa shape index (κ1) is 19.7. The molecule has 5 rings (SSSR count). The van der Waals surface area contributed by atoms with E-state index in [-0.39, 0.29) is 5.92 Å². The zero-order valence-corrected chi connectivity index (χ0v) is 18.1. The van der Waals surface area contributed by atoms with Gasteiger partial charge in [0.05, 0.1) is 12.5 Å². The van der Waals surface area contributed by atoms with Gasteiger partial charge in [0.15, 0.2) is 0 Å². The van der Waals surface area contributed by atoms with E-state index >= 15 is 0 Å². The van der Waals surface area contributed by atoms with Gasteiger partial charge in [0.25, 0.3) is 0 Å². The molecule has 2 heterocycles. The van der Waals surface area contributed by atoms with Crippen LogP contribution in [0.5, 0.6) is 0 Å². The predicted octanol–water partition coefficient (Wildman–Crippen LogP) is 6.67. The lowest BCUT2D eigenvalue weighted by atomic mass is 9.83. The standard InChI is InChI=1S/C28H27NO2/c1-18-14-15-24-22(16-18)19(2)26(29-24)25(20-10-6-4-7-11-20)23-17-31-28(3,27(23)30)21-12-8-5-9-13-21/h4-16,25,29-30H,17H2,1-3H3/t25?,28-/m1/s1. The Hall–Kier alpha value is -3.30. The van der Waals surface area contributed by atoms with Crippen molar-refractivity contribution in [3.05, 3.63) is 118 Å². The molecule has 0 saturated carbocycles. The fourth-order valence-electron chi connectivity index (χ4n) is 4.80. The van der Waals surface area contributed by atoms with E-state index in [0.717, 1.165) is 27.9 Å². The molecule has 156 valence electrons. The SMILES string of the molecule is Cc1ccc2[nH]c(C(C3=C(O)[C@@](C)(c4ccccc4)OC3)c3ccccc3)c(C)c2c1. The molecule has 2 atom stereocenters. The normalized spacial score (nSPS) is 19.8. The largest absolute Gasteiger partial charge is 0.509 e. The molecule has 0 saturated heterocycles. The third kappa shape index (κ3) is 3.17. The second kappa shape index (κ2) is 7.44. The molecule has 0 amide bonds. The molecule has 0 radical (unpaired) electrons. The lowest BCUT2D eigenvalue weighted by Crippen LogP contribution is -2.24. The Morgan fingerprint density at radius 2 is 1.61 bits per heavy atom. The van der Waals surface area contributed by atoms with Crippen molar-refractivity contribution in [2.75, 3.05) is 6.61 Å². The number of aryl methyl sites for hydroxylation is 2. The van der Waals surface area contributed by atoms with Gasteiger partial charge in [-0.3, -0.25) is 0 Å². The molecule has 0 spiro atoms. The van der Waals surface area contributed by atoms with Gasteiger partial charge in [0.2, 0.25) is 0 Å². The van der Waals surface area contributed by atoms with Gasteiger partial charge in [0.1, 0.15) is 11.4 Å². The number of aliphatic hydroxyl groups excluding tert-OH is 1. The quantitative estimate of drug-likeness (QED) is 0.395. The van der Waals surface area contributed by atoms with Crippen LogP contribution >= 0.6 is 0 Å². The van der Waals surface area contributed by atoms with Crippen LogP contribution in [0.15, 0.2) is 90.2 Å². The van der Waals surface area contributed by atoms with Crippen molar-refractivity contribution in [1.82, 2.24) is 4.98 Å². The number of hydrogen-bond acceptors (Lipinski definition) is 2. The maximum absolute atomic E-state index is 11.5. The molecule has 3 aromatic carbocycles. The number of benzene rings is 3. The van der Waals surface area contributed by atoms with E-state index in [1.807, 2.05) is 55.5 Å². The van der Waals surface area contributed by atoms with Gasteiger partial charge in [-0.1, -0.05) is 72.3 Å². The minimum Gasteiger partial charge on any atom is -0.509 e. The van der Waals surface area contributed by atoms with Crippen LogP contribution in [-0.4, -0.2) is 16.7 Å². The Bertz CT molecular complexity index is 1270. The van der Waals surface area contributed by atoms with E-state index in [9.17, 15) is 5.11 Å². The highest BCUT2D eigenvalue weighted by Crippen LogP contribution is 2.46. The number of H-pyrrole nitrogens is 1. The summed E-state index contributed by atoms with van der Waals surface area (Å²) in [7, 11) is 0. The molecule has 0 aliphatic carbocycles. The topological polar surface area (TPSA) is 45.2 Å². The van der Waals surface area contributed by atoms with Gasteiger partial charge >= 0.3 is 0 Å². The van der Waals surface area contributed by atoms with Gasteiger partial charge < -0.3 is 14.8 Å². The second-order valence-electron chi connectivity index (χ2n) is 8.62. The summed E-state index contributed by atoms with van der Waals surface area (Å²) in [6, 6.07) is 26.8. The molecule has 4 aromatic rings. The van der Waals surface area contributed by atoms with Crippen LogP contribution in [-0.2, 0) is 10.3 Å². The number of aliphatic hydroxyl groups is 1. The smallest absolute Gasteiger partial charge is 0.147 e. The summed E-state index contributed by atoms with van der Waals surface area (Å²) in [5.41, 5.74) is 6.82. The Kier molecular flexibility index (Phi) is 4.71. The van der Waals surface area contributed by atoms with Crippen molar-refractivity contribution >= 4 is 10.9 Å². The maximum atomic E-state index is 11.5. The molecule has 1 unspecified atom stereocenters. The average molecular weight is 410 g/mol. The Morgan fingerprint density at radius 3 is 2.32 bits per heavy atom. The van der Waals surface area contributed by atoms with Crippen LogP contribution in [0.25, 0.3) is 10.9 Å². The number of aromatic nitrogens is 1. The van der Waals surface area contributed by atoms with Gasteiger partial charge in [-0.15, -0.1) is 0 Å². The first-order chi connectivity index (χ1) is 15.0. The third-order valence-electron chi connectivity index (χ3n) is 6.62. The van der Waals surface area contributed by atoms with Gasteiger partial charge in [-0.25, -0.2) is 0 Å². The zero-order chi connectivity index (χ0) is 21.6. The number of nitrogens with one attached hydrogen (secondary N) is 1. The Balaban J connectivity index is 1.71. The molecular formula is C28H27NO2. The summed E-state index contributed by atoms with van der Waals surface area (Å²) in [6.07, 6.45) is 0. The predicted molar refractivity (Wildman–Crippen MR) is 125 cm³/mol. The van der Waals surface area contributed by atoms with E-state index in [2.05, 4.69) is 49.2 Å². The fourth-order valence-corrected chi connectivity index (χ4v) is 4.80. The summed E-state index contributed by atoms with van der Waals surface area (Å²) < 4.78 is 6.27. The van der Waals surface area contributed by atoms with E-state index in [1.165, 1.54) is 16.5 Å². The van der Waals surface area contributed by atoms with Crippen molar-refractivity contribution < 1.29 is 9.84 Å². The minimum atomic E-state index is -0.847. The van der Waals surface area contributed by atoms with Crippen LogP contribution in [0.3, 0.4) is 0 Å². The fraction of sp³-hybridized carbons (Fsp3) is 0.214. The number of ether oxygens (including phenoxy) is 1. The summed E-state index contributed by atoms with van der Waals surface area (Å²) in [5, 5.41) is 12.7. The minimum absolute atomic E-state index is 0.112. The van der Waals surface area contributed by atoms with Crippen LogP contribution in [0.2, 0.25) is 0 Å². The van der Waals surface area contributed by atoms with Crippen molar-refractivity contribution in [2.45, 2.75) is 32.3 Å². The molecule has 0 fully saturated rings. The first-order valence-corrected chi connectivity index (χ1v) is 10.7. The summed E-state index contributed by atoms with van der Waals surface area (Å²) >= 11 is 0. The molecule has 1 aliphatic heterocycles. The zero-order valence-electron chi connectivity index (χ0n) is 18.1.